The number of unbranched alkanes of at least 4 members (excludes halogenated alkanes) is 1. The van der Waals surface area contributed by atoms with Crippen LogP contribution in [0.25, 0.3) is 0 Å². The number of hydroxylamine groups is 2. The molecule has 1 aromatic carbocycles. The standard InChI is InChI=1S/C22H33NO5/c1-23(25)22(24)9-5-6-13-26-16-19-18(20-10-11-21(19)28-20)12-14-27-15-17-7-3-2-4-8-17/h2-4,7-8,18-21,25H,5-6,9-16H2,1H3/t18-,19+,20-,21+/m1/s1. The van der Waals surface area contributed by atoms with Crippen LogP contribution in [0.4, 0.5) is 0 Å². The first kappa shape index (κ1) is 21.2. The number of carbonyl (C=O) groups excluding carboxylic acids is 1. The summed E-state index contributed by atoms with van der Waals surface area (Å²) >= 11 is 0. The molecule has 3 rings (SSSR count). The maximum atomic E-state index is 11.3. The molecule has 0 saturated carbocycles. The van der Waals surface area contributed by atoms with Gasteiger partial charge in [0.05, 0.1) is 25.4 Å². The zero-order valence-corrected chi connectivity index (χ0v) is 16.8. The van der Waals surface area contributed by atoms with Gasteiger partial charge in [-0.25, -0.2) is 5.06 Å². The molecule has 1 amide bonds. The van der Waals surface area contributed by atoms with Crippen molar-refractivity contribution in [2.45, 2.75) is 57.3 Å². The second-order valence-corrected chi connectivity index (χ2v) is 7.89. The van der Waals surface area contributed by atoms with E-state index in [-0.39, 0.29) is 5.91 Å². The summed E-state index contributed by atoms with van der Waals surface area (Å²) in [6, 6.07) is 10.3. The Labute approximate surface area is 167 Å². The van der Waals surface area contributed by atoms with Gasteiger partial charge in [-0.2, -0.15) is 0 Å². The molecule has 0 spiro atoms. The van der Waals surface area contributed by atoms with Gasteiger partial charge in [0.2, 0.25) is 5.91 Å². The SMILES string of the molecule is CN(O)C(=O)CCCCOC[C@H]1[C@@H](CCOCc2ccccc2)[C@H]2CC[C@@H]1O2. The molecule has 156 valence electrons. The molecule has 1 aromatic rings. The van der Waals surface area contributed by atoms with Crippen LogP contribution < -0.4 is 0 Å². The van der Waals surface area contributed by atoms with Crippen LogP contribution in [-0.2, 0) is 25.6 Å². The fraction of sp³-hybridized carbons (Fsp3) is 0.682. The van der Waals surface area contributed by atoms with Gasteiger partial charge in [-0.1, -0.05) is 30.3 Å². The molecule has 2 aliphatic rings. The number of fused-ring (bicyclic) bond motifs is 2. The molecule has 6 heteroatoms. The van der Waals surface area contributed by atoms with Gasteiger partial charge in [-0.3, -0.25) is 10.0 Å². The molecule has 28 heavy (non-hydrogen) atoms. The Morgan fingerprint density at radius 2 is 1.86 bits per heavy atom. The first-order valence-electron chi connectivity index (χ1n) is 10.5. The van der Waals surface area contributed by atoms with Gasteiger partial charge in [-0.15, -0.1) is 0 Å². The topological polar surface area (TPSA) is 68.2 Å². The Hall–Kier alpha value is -1.47. The number of nitrogens with zero attached hydrogens (tertiary/aromatic N) is 1. The van der Waals surface area contributed by atoms with Crippen LogP contribution in [-0.4, -0.2) is 55.3 Å². The van der Waals surface area contributed by atoms with E-state index in [1.165, 1.54) is 12.6 Å². The molecule has 4 atom stereocenters. The fourth-order valence-electron chi connectivity index (χ4n) is 4.35. The number of hydrogen-bond donors (Lipinski definition) is 1. The quantitative estimate of drug-likeness (QED) is 0.336. The lowest BCUT2D eigenvalue weighted by Gasteiger charge is -2.27. The Morgan fingerprint density at radius 3 is 2.61 bits per heavy atom. The van der Waals surface area contributed by atoms with Gasteiger partial charge in [0, 0.05) is 32.6 Å². The third-order valence-corrected chi connectivity index (χ3v) is 5.90. The van der Waals surface area contributed by atoms with E-state index in [0.29, 0.717) is 48.7 Å². The second kappa shape index (κ2) is 10.9. The Bertz CT molecular complexity index is 594. The highest BCUT2D eigenvalue weighted by molar-refractivity contribution is 5.74. The van der Waals surface area contributed by atoms with Crippen molar-refractivity contribution in [2.75, 3.05) is 26.9 Å². The largest absolute Gasteiger partial charge is 0.381 e. The lowest BCUT2D eigenvalue weighted by Crippen LogP contribution is -2.31. The average molecular weight is 392 g/mol. The number of carbonyl (C=O) groups is 1. The monoisotopic (exact) mass is 391 g/mol. The predicted octanol–water partition coefficient (Wildman–Crippen LogP) is 3.42. The van der Waals surface area contributed by atoms with Gasteiger partial charge < -0.3 is 14.2 Å². The third kappa shape index (κ3) is 6.01. The first-order chi connectivity index (χ1) is 13.6. The summed E-state index contributed by atoms with van der Waals surface area (Å²) < 4.78 is 17.9. The smallest absolute Gasteiger partial charge is 0.245 e. The molecule has 2 aliphatic heterocycles. The number of hydrogen-bond acceptors (Lipinski definition) is 5. The van der Waals surface area contributed by atoms with Gasteiger partial charge in [0.1, 0.15) is 0 Å². The predicted molar refractivity (Wildman–Crippen MR) is 105 cm³/mol. The number of benzene rings is 1. The number of amides is 1. The van der Waals surface area contributed by atoms with E-state index in [1.54, 1.807) is 0 Å². The van der Waals surface area contributed by atoms with E-state index in [2.05, 4.69) is 12.1 Å². The highest BCUT2D eigenvalue weighted by atomic mass is 16.5. The van der Waals surface area contributed by atoms with E-state index in [9.17, 15) is 4.79 Å². The van der Waals surface area contributed by atoms with Crippen LogP contribution in [0.2, 0.25) is 0 Å². The maximum Gasteiger partial charge on any atom is 0.245 e. The summed E-state index contributed by atoms with van der Waals surface area (Å²) in [5.74, 6) is 0.709. The molecule has 6 nitrogen and oxygen atoms in total. The summed E-state index contributed by atoms with van der Waals surface area (Å²) in [4.78, 5) is 11.3. The first-order valence-corrected chi connectivity index (χ1v) is 10.5. The van der Waals surface area contributed by atoms with Crippen LogP contribution in [0.3, 0.4) is 0 Å². The molecule has 0 unspecified atom stereocenters. The zero-order valence-electron chi connectivity index (χ0n) is 16.8. The van der Waals surface area contributed by atoms with Crippen LogP contribution in [0.1, 0.15) is 44.1 Å². The van der Waals surface area contributed by atoms with E-state index in [1.807, 2.05) is 18.2 Å². The minimum absolute atomic E-state index is 0.253. The van der Waals surface area contributed by atoms with E-state index in [0.717, 1.165) is 45.3 Å². The van der Waals surface area contributed by atoms with Crippen molar-refractivity contribution in [3.63, 3.8) is 0 Å². The number of ether oxygens (including phenoxy) is 3. The highest BCUT2D eigenvalue weighted by Crippen LogP contribution is 2.45. The van der Waals surface area contributed by atoms with E-state index in [4.69, 9.17) is 19.4 Å². The van der Waals surface area contributed by atoms with Crippen LogP contribution >= 0.6 is 0 Å². The second-order valence-electron chi connectivity index (χ2n) is 7.89. The Morgan fingerprint density at radius 1 is 1.11 bits per heavy atom. The Kier molecular flexibility index (Phi) is 8.27. The van der Waals surface area contributed by atoms with Gasteiger partial charge >= 0.3 is 0 Å². The summed E-state index contributed by atoms with van der Waals surface area (Å²) in [6.45, 7) is 2.77. The molecule has 0 aliphatic carbocycles. The summed E-state index contributed by atoms with van der Waals surface area (Å²) in [6.07, 6.45) is 5.90. The maximum absolute atomic E-state index is 11.3. The molecule has 2 bridgehead atoms. The van der Waals surface area contributed by atoms with Crippen molar-refractivity contribution in [3.05, 3.63) is 35.9 Å². The van der Waals surface area contributed by atoms with Gasteiger partial charge in [-0.05, 0) is 43.6 Å². The van der Waals surface area contributed by atoms with Crippen molar-refractivity contribution in [2.24, 2.45) is 11.8 Å². The van der Waals surface area contributed by atoms with Gasteiger partial charge in [0.25, 0.3) is 0 Å². The lowest BCUT2D eigenvalue weighted by molar-refractivity contribution is -0.159. The molecule has 2 fully saturated rings. The minimum Gasteiger partial charge on any atom is -0.381 e. The molecule has 0 aromatic heterocycles. The fourth-order valence-corrected chi connectivity index (χ4v) is 4.35. The molecule has 2 saturated heterocycles. The third-order valence-electron chi connectivity index (χ3n) is 5.90. The highest BCUT2D eigenvalue weighted by Gasteiger charge is 2.48. The van der Waals surface area contributed by atoms with Crippen molar-refractivity contribution < 1.29 is 24.2 Å². The molecule has 1 N–H and O–H groups in total. The summed E-state index contributed by atoms with van der Waals surface area (Å²) in [5, 5.41) is 9.69. The zero-order chi connectivity index (χ0) is 19.8. The van der Waals surface area contributed by atoms with Crippen molar-refractivity contribution in [1.29, 1.82) is 0 Å². The van der Waals surface area contributed by atoms with E-state index >= 15 is 0 Å². The number of rotatable bonds is 12. The van der Waals surface area contributed by atoms with Crippen LogP contribution in [0.5, 0.6) is 0 Å². The normalized spacial score (nSPS) is 25.9. The lowest BCUT2D eigenvalue weighted by atomic mass is 9.78. The van der Waals surface area contributed by atoms with Crippen molar-refractivity contribution in [3.8, 4) is 0 Å². The molecule has 2 heterocycles. The molecule has 0 radical (unpaired) electrons. The minimum atomic E-state index is -0.253. The van der Waals surface area contributed by atoms with Crippen LogP contribution in [0.15, 0.2) is 30.3 Å². The van der Waals surface area contributed by atoms with Crippen molar-refractivity contribution in [1.82, 2.24) is 5.06 Å². The van der Waals surface area contributed by atoms with Crippen molar-refractivity contribution >= 4 is 5.91 Å². The van der Waals surface area contributed by atoms with Crippen LogP contribution in [0, 0.1) is 11.8 Å². The summed E-state index contributed by atoms with van der Waals surface area (Å²) in [7, 11) is 1.36. The van der Waals surface area contributed by atoms with E-state index < -0.39 is 0 Å². The Balaban J connectivity index is 1.32. The molecular formula is C22H33NO5. The average Bonchev–Trinajstić information content (AvgIpc) is 3.30. The summed E-state index contributed by atoms with van der Waals surface area (Å²) in [5.41, 5.74) is 1.21. The van der Waals surface area contributed by atoms with Gasteiger partial charge in [0.15, 0.2) is 0 Å². The molecular weight excluding hydrogens is 358 g/mol.